The number of benzene rings is 1. The van der Waals surface area contributed by atoms with Crippen LogP contribution < -0.4 is 0 Å². The van der Waals surface area contributed by atoms with Gasteiger partial charge in [-0.2, -0.15) is 0 Å². The fraction of sp³-hybridized carbons (Fsp3) is 0.429. The summed E-state index contributed by atoms with van der Waals surface area (Å²) in [5.41, 5.74) is 2.14. The summed E-state index contributed by atoms with van der Waals surface area (Å²) in [5, 5.41) is 0. The molecule has 0 saturated heterocycles. The number of hydrogen-bond donors (Lipinski definition) is 0. The van der Waals surface area contributed by atoms with E-state index in [0.717, 1.165) is 22.4 Å². The Morgan fingerprint density at radius 2 is 1.82 bits per heavy atom. The van der Waals surface area contributed by atoms with Gasteiger partial charge in [0.2, 0.25) is 0 Å². The molecule has 0 N–H and O–H groups in total. The van der Waals surface area contributed by atoms with Crippen molar-refractivity contribution < 1.29 is 22.7 Å². The van der Waals surface area contributed by atoms with E-state index in [1.165, 1.54) is 12.1 Å². The molecule has 0 spiro atoms. The lowest BCUT2D eigenvalue weighted by molar-refractivity contribution is 0.0523. The topological polar surface area (TPSA) is 82.4 Å². The molecule has 1 unspecified atom stereocenters. The molecule has 2 aliphatic rings. The number of carbonyl (C=O) groups excluding carboxylic acids is 2. The summed E-state index contributed by atoms with van der Waals surface area (Å²) in [6.45, 7) is 5.34. The second-order valence-electron chi connectivity index (χ2n) is 7.60. The van der Waals surface area contributed by atoms with Gasteiger partial charge in [-0.25, -0.2) is 17.2 Å². The summed E-state index contributed by atoms with van der Waals surface area (Å²) in [6.07, 6.45) is 2.24. The zero-order chi connectivity index (χ0) is 20.2. The molecule has 2 aromatic rings. The number of aromatic nitrogens is 1. The quantitative estimate of drug-likeness (QED) is 0.715. The minimum absolute atomic E-state index is 0.0945. The molecule has 1 fully saturated rings. The molecule has 7 heteroatoms. The third-order valence-corrected chi connectivity index (χ3v) is 7.47. The molecule has 0 amide bonds. The van der Waals surface area contributed by atoms with Crippen LogP contribution in [0.1, 0.15) is 69.8 Å². The van der Waals surface area contributed by atoms with Gasteiger partial charge < -0.3 is 4.74 Å². The first-order valence-electron chi connectivity index (χ1n) is 9.55. The lowest BCUT2D eigenvalue weighted by atomic mass is 9.94. The Morgan fingerprint density at radius 1 is 1.18 bits per heavy atom. The third-order valence-electron chi connectivity index (χ3n) is 5.66. The van der Waals surface area contributed by atoms with E-state index in [2.05, 4.69) is 0 Å². The molecular weight excluding hydrogens is 378 g/mol. The Balaban J connectivity index is 1.97. The summed E-state index contributed by atoms with van der Waals surface area (Å²) >= 11 is 0. The number of hydrogen-bond acceptors (Lipinski definition) is 5. The Hall–Kier alpha value is -2.41. The van der Waals surface area contributed by atoms with E-state index in [1.807, 2.05) is 6.92 Å². The van der Waals surface area contributed by atoms with Gasteiger partial charge in [0, 0.05) is 17.7 Å². The minimum atomic E-state index is -4.01. The normalized spacial score (nSPS) is 19.0. The molecule has 1 aromatic carbocycles. The van der Waals surface area contributed by atoms with Gasteiger partial charge in [-0.05, 0) is 57.6 Å². The predicted octanol–water partition coefficient (Wildman–Crippen LogP) is 3.60. The summed E-state index contributed by atoms with van der Waals surface area (Å²) in [4.78, 5) is 25.7. The second kappa shape index (κ2) is 6.58. The molecule has 148 valence electrons. The molecule has 28 heavy (non-hydrogen) atoms. The molecule has 1 atom stereocenters. The van der Waals surface area contributed by atoms with E-state index >= 15 is 0 Å². The highest BCUT2D eigenvalue weighted by Gasteiger charge is 2.47. The average Bonchev–Trinajstić information content (AvgIpc) is 3.36. The Morgan fingerprint density at radius 3 is 2.39 bits per heavy atom. The van der Waals surface area contributed by atoms with Crippen LogP contribution in [-0.2, 0) is 14.8 Å². The molecular formula is C21H23NO5S. The zero-order valence-corrected chi connectivity index (χ0v) is 17.0. The van der Waals surface area contributed by atoms with Crippen LogP contribution in [-0.4, -0.2) is 30.7 Å². The molecule has 1 aromatic heterocycles. The van der Waals surface area contributed by atoms with Gasteiger partial charge >= 0.3 is 5.97 Å². The molecule has 0 bridgehead atoms. The van der Waals surface area contributed by atoms with Crippen molar-refractivity contribution in [2.75, 3.05) is 6.61 Å². The van der Waals surface area contributed by atoms with Gasteiger partial charge in [-0.1, -0.05) is 17.7 Å². The number of carbonyl (C=O) groups is 2. The van der Waals surface area contributed by atoms with Gasteiger partial charge in [0.05, 0.1) is 17.1 Å². The number of ether oxygens (including phenoxy) is 1. The van der Waals surface area contributed by atoms with E-state index in [1.54, 1.807) is 26.0 Å². The first kappa shape index (κ1) is 18.9. The minimum Gasteiger partial charge on any atom is -0.462 e. The fourth-order valence-corrected chi connectivity index (χ4v) is 5.78. The SMILES string of the molecule is CCOC(=O)c1c2c(n(S(=O)(=O)c3ccc(C)cc3)c1C)C(=O)CC2C1CC1. The highest BCUT2D eigenvalue weighted by molar-refractivity contribution is 7.90. The van der Waals surface area contributed by atoms with Crippen LogP contribution >= 0.6 is 0 Å². The van der Waals surface area contributed by atoms with E-state index < -0.39 is 16.0 Å². The number of fused-ring (bicyclic) bond motifs is 1. The van der Waals surface area contributed by atoms with Crippen molar-refractivity contribution in [3.63, 3.8) is 0 Å². The van der Waals surface area contributed by atoms with Gasteiger partial charge in [-0.3, -0.25) is 4.79 Å². The van der Waals surface area contributed by atoms with Gasteiger partial charge in [0.1, 0.15) is 5.69 Å². The molecule has 0 aliphatic heterocycles. The number of esters is 1. The van der Waals surface area contributed by atoms with Crippen LogP contribution in [0.4, 0.5) is 0 Å². The number of rotatable bonds is 5. The van der Waals surface area contributed by atoms with Crippen molar-refractivity contribution >= 4 is 21.8 Å². The Labute approximate surface area is 164 Å². The monoisotopic (exact) mass is 401 g/mol. The van der Waals surface area contributed by atoms with Gasteiger partial charge in [0.25, 0.3) is 10.0 Å². The number of Topliss-reactive ketones (excluding diaryl/α,β-unsaturated/α-hetero) is 1. The molecule has 0 radical (unpaired) electrons. The summed E-state index contributed by atoms with van der Waals surface area (Å²) in [5.74, 6) is -0.554. The lowest BCUT2D eigenvalue weighted by Gasteiger charge is -2.13. The van der Waals surface area contributed by atoms with Crippen molar-refractivity contribution in [1.29, 1.82) is 0 Å². The van der Waals surface area contributed by atoms with E-state index in [9.17, 15) is 18.0 Å². The Kier molecular flexibility index (Phi) is 4.45. The van der Waals surface area contributed by atoms with Crippen LogP contribution in [0.2, 0.25) is 0 Å². The number of nitrogens with zero attached hydrogens (tertiary/aromatic N) is 1. The first-order chi connectivity index (χ1) is 13.3. The first-order valence-corrected chi connectivity index (χ1v) is 11.0. The largest absolute Gasteiger partial charge is 0.462 e. The van der Waals surface area contributed by atoms with Gasteiger partial charge in [0.15, 0.2) is 5.78 Å². The maximum absolute atomic E-state index is 13.4. The van der Waals surface area contributed by atoms with Crippen LogP contribution in [0.15, 0.2) is 29.2 Å². The van der Waals surface area contributed by atoms with E-state index in [4.69, 9.17) is 4.74 Å². The summed E-state index contributed by atoms with van der Waals surface area (Å²) in [6, 6.07) is 6.48. The fourth-order valence-electron chi connectivity index (χ4n) is 4.19. The Bertz CT molecular complexity index is 1070. The molecule has 2 aliphatic carbocycles. The highest BCUT2D eigenvalue weighted by atomic mass is 32.2. The van der Waals surface area contributed by atoms with Gasteiger partial charge in [-0.15, -0.1) is 0 Å². The summed E-state index contributed by atoms with van der Waals surface area (Å²) in [7, 11) is -4.01. The molecule has 1 heterocycles. The number of ketones is 1. The van der Waals surface area contributed by atoms with E-state index in [-0.39, 0.29) is 46.6 Å². The standard InChI is InChI=1S/C21H23NO5S/c1-4-27-21(24)18-13(3)22(28(25,26)15-9-5-12(2)6-10-15)20-17(23)11-16(19(18)20)14-7-8-14/h5-6,9-10,14,16H,4,7-8,11H2,1-3H3. The van der Waals surface area contributed by atoms with Crippen molar-refractivity contribution in [2.45, 2.75) is 50.8 Å². The molecule has 4 rings (SSSR count). The van der Waals surface area contributed by atoms with Crippen LogP contribution in [0.25, 0.3) is 0 Å². The summed E-state index contributed by atoms with van der Waals surface area (Å²) < 4.78 is 33.1. The van der Waals surface area contributed by atoms with E-state index in [0.29, 0.717) is 11.5 Å². The van der Waals surface area contributed by atoms with Crippen LogP contribution in [0.3, 0.4) is 0 Å². The average molecular weight is 401 g/mol. The predicted molar refractivity (Wildman–Crippen MR) is 103 cm³/mol. The van der Waals surface area contributed by atoms with Crippen molar-refractivity contribution in [1.82, 2.24) is 3.97 Å². The van der Waals surface area contributed by atoms with Crippen molar-refractivity contribution in [3.05, 3.63) is 52.3 Å². The second-order valence-corrected chi connectivity index (χ2v) is 9.38. The maximum Gasteiger partial charge on any atom is 0.340 e. The van der Waals surface area contributed by atoms with Crippen LogP contribution in [0, 0.1) is 19.8 Å². The van der Waals surface area contributed by atoms with Crippen molar-refractivity contribution in [3.8, 4) is 0 Å². The van der Waals surface area contributed by atoms with Crippen LogP contribution in [0.5, 0.6) is 0 Å². The van der Waals surface area contributed by atoms with Crippen molar-refractivity contribution in [2.24, 2.45) is 5.92 Å². The molecule has 1 saturated carbocycles. The third kappa shape index (κ3) is 2.80. The highest BCUT2D eigenvalue weighted by Crippen LogP contribution is 2.52. The molecule has 6 nitrogen and oxygen atoms in total. The zero-order valence-electron chi connectivity index (χ0n) is 16.2. The number of aryl methyl sites for hydroxylation is 1. The lowest BCUT2D eigenvalue weighted by Crippen LogP contribution is -2.19. The smallest absolute Gasteiger partial charge is 0.340 e. The maximum atomic E-state index is 13.4.